The van der Waals surface area contributed by atoms with Crippen LogP contribution < -0.4 is 5.32 Å². The Kier molecular flexibility index (Phi) is 4.34. The molecule has 2 aromatic rings. The molecule has 5 nitrogen and oxygen atoms in total. The molecule has 0 radical (unpaired) electrons. The summed E-state index contributed by atoms with van der Waals surface area (Å²) in [6, 6.07) is 3.86. The van der Waals surface area contributed by atoms with E-state index in [4.69, 9.17) is 5.11 Å². The van der Waals surface area contributed by atoms with Crippen molar-refractivity contribution in [3.63, 3.8) is 0 Å². The second kappa shape index (κ2) is 5.99. The van der Waals surface area contributed by atoms with Gasteiger partial charge in [0.1, 0.15) is 0 Å². The third-order valence-electron chi connectivity index (χ3n) is 2.99. The van der Waals surface area contributed by atoms with E-state index in [0.29, 0.717) is 0 Å². The van der Waals surface area contributed by atoms with Crippen LogP contribution >= 0.6 is 11.3 Å². The topological polar surface area (TPSA) is 67.2 Å². The molecule has 0 saturated heterocycles. The van der Waals surface area contributed by atoms with Crippen LogP contribution in [-0.2, 0) is 31.4 Å². The van der Waals surface area contributed by atoms with E-state index in [1.807, 2.05) is 37.0 Å². The van der Waals surface area contributed by atoms with Gasteiger partial charge in [-0.3, -0.25) is 9.48 Å². The van der Waals surface area contributed by atoms with E-state index in [1.165, 1.54) is 5.56 Å². The molecule has 102 valence electrons. The number of carboxylic acid groups (broad SMARTS) is 1. The monoisotopic (exact) mass is 279 g/mol. The van der Waals surface area contributed by atoms with Crippen molar-refractivity contribution in [2.45, 2.75) is 26.4 Å². The van der Waals surface area contributed by atoms with Crippen LogP contribution in [0.2, 0.25) is 0 Å². The number of aryl methyl sites for hydroxylation is 1. The average Bonchev–Trinajstić information content (AvgIpc) is 2.90. The van der Waals surface area contributed by atoms with Crippen LogP contribution in [0.25, 0.3) is 0 Å². The van der Waals surface area contributed by atoms with Crippen LogP contribution in [0, 0.1) is 6.92 Å². The largest absolute Gasteiger partial charge is 0.481 e. The minimum Gasteiger partial charge on any atom is -0.481 e. The van der Waals surface area contributed by atoms with Gasteiger partial charge >= 0.3 is 5.97 Å². The molecule has 0 bridgehead atoms. The number of aromatic nitrogens is 2. The van der Waals surface area contributed by atoms with Gasteiger partial charge in [0.2, 0.25) is 0 Å². The van der Waals surface area contributed by atoms with Crippen molar-refractivity contribution in [2.24, 2.45) is 7.05 Å². The molecular weight excluding hydrogens is 262 g/mol. The van der Waals surface area contributed by atoms with Crippen molar-refractivity contribution < 1.29 is 9.90 Å². The summed E-state index contributed by atoms with van der Waals surface area (Å²) < 4.78 is 1.85. The summed E-state index contributed by atoms with van der Waals surface area (Å²) in [4.78, 5) is 12.6. The van der Waals surface area contributed by atoms with Crippen molar-refractivity contribution in [2.75, 3.05) is 0 Å². The van der Waals surface area contributed by atoms with E-state index in [-0.39, 0.29) is 6.42 Å². The lowest BCUT2D eigenvalue weighted by Crippen LogP contribution is -2.12. The number of carbonyl (C=O) groups is 1. The van der Waals surface area contributed by atoms with Crippen LogP contribution in [0.5, 0.6) is 0 Å². The summed E-state index contributed by atoms with van der Waals surface area (Å²) in [7, 11) is 1.93. The van der Waals surface area contributed by atoms with Crippen LogP contribution in [-0.4, -0.2) is 20.9 Å². The third-order valence-corrected chi connectivity index (χ3v) is 4.08. The number of thiophene rings is 1. The highest BCUT2D eigenvalue weighted by Gasteiger charge is 2.06. The zero-order valence-electron chi connectivity index (χ0n) is 11.0. The molecule has 2 N–H and O–H groups in total. The van der Waals surface area contributed by atoms with Crippen molar-refractivity contribution >= 4 is 17.3 Å². The Labute approximate surface area is 115 Å². The van der Waals surface area contributed by atoms with Gasteiger partial charge < -0.3 is 10.4 Å². The first kappa shape index (κ1) is 13.8. The van der Waals surface area contributed by atoms with Gasteiger partial charge in [0.05, 0.1) is 12.6 Å². The molecule has 0 unspecified atom stereocenters. The lowest BCUT2D eigenvalue weighted by molar-refractivity contribution is -0.136. The van der Waals surface area contributed by atoms with Crippen molar-refractivity contribution in [3.8, 4) is 0 Å². The van der Waals surface area contributed by atoms with Gasteiger partial charge in [0.25, 0.3) is 0 Å². The minimum atomic E-state index is -0.785. The third kappa shape index (κ3) is 3.65. The lowest BCUT2D eigenvalue weighted by atomic mass is 10.2. The first-order valence-corrected chi connectivity index (χ1v) is 6.85. The second-order valence-electron chi connectivity index (χ2n) is 4.42. The molecule has 0 saturated carbocycles. The molecule has 2 heterocycles. The Morgan fingerprint density at radius 1 is 1.42 bits per heavy atom. The molecule has 2 aromatic heterocycles. The predicted molar refractivity (Wildman–Crippen MR) is 74.1 cm³/mol. The molecular formula is C13H17N3O2S. The van der Waals surface area contributed by atoms with Crippen LogP contribution in [0.3, 0.4) is 0 Å². The van der Waals surface area contributed by atoms with Crippen molar-refractivity contribution in [1.82, 2.24) is 15.1 Å². The Bertz CT molecular complexity index is 574. The molecule has 0 amide bonds. The fourth-order valence-corrected chi connectivity index (χ4v) is 2.78. The molecule has 2 rings (SSSR count). The molecule has 0 aliphatic rings. The lowest BCUT2D eigenvalue weighted by Gasteiger charge is -2.02. The molecule has 0 aliphatic heterocycles. The Balaban J connectivity index is 1.84. The summed E-state index contributed by atoms with van der Waals surface area (Å²) in [6.07, 6.45) is 1.97. The first-order chi connectivity index (χ1) is 9.06. The maximum absolute atomic E-state index is 10.6. The van der Waals surface area contributed by atoms with Gasteiger partial charge in [-0.1, -0.05) is 0 Å². The van der Waals surface area contributed by atoms with E-state index in [2.05, 4.69) is 10.4 Å². The van der Waals surface area contributed by atoms with E-state index in [0.717, 1.165) is 28.5 Å². The fourth-order valence-electron chi connectivity index (χ4n) is 1.80. The fraction of sp³-hybridized carbons (Fsp3) is 0.385. The Morgan fingerprint density at radius 2 is 2.16 bits per heavy atom. The van der Waals surface area contributed by atoms with Gasteiger partial charge in [-0.2, -0.15) is 5.10 Å². The highest BCUT2D eigenvalue weighted by Crippen LogP contribution is 2.17. The Hall–Kier alpha value is -1.66. The molecule has 19 heavy (non-hydrogen) atoms. The maximum Gasteiger partial charge on any atom is 0.308 e. The van der Waals surface area contributed by atoms with E-state index < -0.39 is 5.97 Å². The predicted octanol–water partition coefficient (Wildman–Crippen LogP) is 1.71. The van der Waals surface area contributed by atoms with Gasteiger partial charge in [-0.25, -0.2) is 0 Å². The number of rotatable bonds is 6. The summed E-state index contributed by atoms with van der Waals surface area (Å²) in [5.41, 5.74) is 2.34. The number of nitrogens with zero attached hydrogens (tertiary/aromatic N) is 2. The summed E-state index contributed by atoms with van der Waals surface area (Å²) in [5, 5.41) is 16.3. The molecule has 6 heteroatoms. The summed E-state index contributed by atoms with van der Waals surface area (Å²) in [6.45, 7) is 3.56. The molecule has 0 fully saturated rings. The summed E-state index contributed by atoms with van der Waals surface area (Å²) in [5.74, 6) is -0.785. The molecule has 0 aliphatic carbocycles. The van der Waals surface area contributed by atoms with Crippen LogP contribution in [0.4, 0.5) is 0 Å². The average molecular weight is 279 g/mol. The Morgan fingerprint density at radius 3 is 2.79 bits per heavy atom. The van der Waals surface area contributed by atoms with Gasteiger partial charge in [-0.05, 0) is 19.1 Å². The van der Waals surface area contributed by atoms with Crippen molar-refractivity contribution in [1.29, 1.82) is 0 Å². The standard InChI is InChI=1S/C13H17N3O2S/c1-9-10(7-15-16(9)2)6-14-8-12-4-3-11(19-12)5-13(17)18/h3-4,7,14H,5-6,8H2,1-2H3,(H,17,18). The van der Waals surface area contributed by atoms with Gasteiger partial charge in [0.15, 0.2) is 0 Å². The zero-order valence-corrected chi connectivity index (χ0v) is 11.8. The van der Waals surface area contributed by atoms with Gasteiger partial charge in [-0.15, -0.1) is 11.3 Å². The maximum atomic E-state index is 10.6. The van der Waals surface area contributed by atoms with E-state index in [1.54, 1.807) is 11.3 Å². The van der Waals surface area contributed by atoms with Crippen molar-refractivity contribution in [3.05, 3.63) is 39.3 Å². The van der Waals surface area contributed by atoms with E-state index >= 15 is 0 Å². The second-order valence-corrected chi connectivity index (χ2v) is 5.67. The zero-order chi connectivity index (χ0) is 13.8. The number of aliphatic carboxylic acids is 1. The number of hydrogen-bond acceptors (Lipinski definition) is 4. The number of hydrogen-bond donors (Lipinski definition) is 2. The number of carboxylic acids is 1. The normalized spacial score (nSPS) is 10.8. The van der Waals surface area contributed by atoms with Crippen LogP contribution in [0.15, 0.2) is 18.3 Å². The number of nitrogens with one attached hydrogen (secondary N) is 1. The van der Waals surface area contributed by atoms with E-state index in [9.17, 15) is 4.79 Å². The van der Waals surface area contributed by atoms with Gasteiger partial charge in [0, 0.05) is 41.1 Å². The first-order valence-electron chi connectivity index (χ1n) is 6.04. The highest BCUT2D eigenvalue weighted by atomic mass is 32.1. The highest BCUT2D eigenvalue weighted by molar-refractivity contribution is 7.12. The van der Waals surface area contributed by atoms with Crippen LogP contribution in [0.1, 0.15) is 21.0 Å². The quantitative estimate of drug-likeness (QED) is 0.844. The SMILES string of the molecule is Cc1c(CNCc2ccc(CC(=O)O)s2)cnn1C. The molecule has 0 atom stereocenters. The minimum absolute atomic E-state index is 0.104. The molecule has 0 spiro atoms. The summed E-state index contributed by atoms with van der Waals surface area (Å²) >= 11 is 1.54. The smallest absolute Gasteiger partial charge is 0.308 e. The molecule has 0 aromatic carbocycles.